The summed E-state index contributed by atoms with van der Waals surface area (Å²) in [4.78, 5) is 12.1. The molecule has 1 saturated carbocycles. The highest BCUT2D eigenvalue weighted by Gasteiger charge is 2.31. The minimum atomic E-state index is -3.28. The van der Waals surface area contributed by atoms with Crippen molar-refractivity contribution < 1.29 is 27.1 Å². The molecule has 3 atom stereocenters. The van der Waals surface area contributed by atoms with Crippen molar-refractivity contribution in [3.05, 3.63) is 40.8 Å². The monoisotopic (exact) mass is 464 g/mol. The van der Waals surface area contributed by atoms with Crippen molar-refractivity contribution >= 4 is 27.4 Å². The van der Waals surface area contributed by atoms with E-state index in [2.05, 4.69) is 20.8 Å². The van der Waals surface area contributed by atoms with Crippen molar-refractivity contribution in [1.82, 2.24) is 15.5 Å². The number of anilines is 2. The van der Waals surface area contributed by atoms with E-state index in [-0.39, 0.29) is 40.8 Å². The zero-order valence-corrected chi connectivity index (χ0v) is 18.2. The van der Waals surface area contributed by atoms with Gasteiger partial charge in [-0.25, -0.2) is 17.6 Å². The lowest BCUT2D eigenvalue weighted by Gasteiger charge is -2.15. The highest BCUT2D eigenvalue weighted by molar-refractivity contribution is 7.90. The molecule has 3 aliphatic rings. The van der Waals surface area contributed by atoms with Crippen LogP contribution in [0.3, 0.4) is 0 Å². The number of carbonyl (C=O) groups excluding carboxylic acids is 1. The Labute approximate surface area is 185 Å². The van der Waals surface area contributed by atoms with Crippen molar-refractivity contribution in [2.24, 2.45) is 0 Å². The number of hydrogen-bond donors (Lipinski definition) is 3. The van der Waals surface area contributed by atoms with Gasteiger partial charge in [0, 0.05) is 29.8 Å². The first-order chi connectivity index (χ1) is 15.4. The van der Waals surface area contributed by atoms with Crippen LogP contribution in [0.5, 0.6) is 0 Å². The van der Waals surface area contributed by atoms with Gasteiger partial charge >= 0.3 is 6.09 Å². The molecular formula is C21H25FN4O5S. The van der Waals surface area contributed by atoms with E-state index in [4.69, 9.17) is 9.47 Å². The topological polar surface area (TPSA) is 122 Å². The number of hydrogen-bond acceptors (Lipinski definition) is 7. The summed E-state index contributed by atoms with van der Waals surface area (Å²) in [7, 11) is -3.28. The molecule has 1 aromatic heterocycles. The van der Waals surface area contributed by atoms with Crippen molar-refractivity contribution in [3.8, 4) is 0 Å². The van der Waals surface area contributed by atoms with Gasteiger partial charge in [-0.3, -0.25) is 5.10 Å². The summed E-state index contributed by atoms with van der Waals surface area (Å²) in [6.45, 7) is 1.17. The van der Waals surface area contributed by atoms with Crippen molar-refractivity contribution in [2.45, 2.75) is 55.3 Å². The number of sulfone groups is 1. The van der Waals surface area contributed by atoms with Crippen LogP contribution in [-0.2, 0) is 30.8 Å². The molecule has 32 heavy (non-hydrogen) atoms. The molecule has 1 aliphatic carbocycles. The number of ether oxygens (including phenoxy) is 2. The van der Waals surface area contributed by atoms with Crippen molar-refractivity contribution in [1.29, 1.82) is 0 Å². The number of rotatable bonds is 5. The summed E-state index contributed by atoms with van der Waals surface area (Å²) in [5, 5.41) is 13.0. The fourth-order valence-corrected chi connectivity index (χ4v) is 6.23. The number of nitrogens with zero attached hydrogens (tertiary/aromatic N) is 1. The lowest BCUT2D eigenvalue weighted by atomic mass is 10.0. The molecular weight excluding hydrogens is 439 g/mol. The molecule has 1 amide bonds. The summed E-state index contributed by atoms with van der Waals surface area (Å²) in [6.07, 6.45) is 2.51. The molecule has 1 unspecified atom stereocenters. The lowest BCUT2D eigenvalue weighted by molar-refractivity contribution is 0.0956. The quantitative estimate of drug-likeness (QED) is 0.622. The molecule has 2 aromatic rings. The van der Waals surface area contributed by atoms with Crippen LogP contribution in [0.2, 0.25) is 0 Å². The summed E-state index contributed by atoms with van der Waals surface area (Å²) < 4.78 is 49.2. The van der Waals surface area contributed by atoms with Crippen LogP contribution in [-0.4, -0.2) is 50.1 Å². The smallest absolute Gasteiger partial charge is 0.407 e. The standard InChI is InChI=1S/C21H25FN4O5S/c22-20-16-11-32(28,29)10-13(16)2-4-17(20)24-19-8-18(25-26-19)12-1-3-15(7-12)31-21(27)23-14-5-6-30-9-14/h2,4,8,12,14-15H,1,3,5-7,9-11H2,(H,23,27)(H2,24,25,26)/t12-,14?,15+/m1/s1. The van der Waals surface area contributed by atoms with Crippen LogP contribution < -0.4 is 10.6 Å². The Hall–Kier alpha value is -2.66. The molecule has 3 heterocycles. The Kier molecular flexibility index (Phi) is 5.54. The summed E-state index contributed by atoms with van der Waals surface area (Å²) >= 11 is 0. The molecule has 2 aliphatic heterocycles. The van der Waals surface area contributed by atoms with E-state index in [9.17, 15) is 17.6 Å². The van der Waals surface area contributed by atoms with Crippen LogP contribution in [0.25, 0.3) is 0 Å². The largest absolute Gasteiger partial charge is 0.446 e. The maximum absolute atomic E-state index is 14.8. The maximum Gasteiger partial charge on any atom is 0.407 e. The van der Waals surface area contributed by atoms with Crippen LogP contribution in [0, 0.1) is 5.82 Å². The number of benzene rings is 1. The van der Waals surface area contributed by atoms with Crippen molar-refractivity contribution in [3.63, 3.8) is 0 Å². The van der Waals surface area contributed by atoms with Crippen LogP contribution in [0.15, 0.2) is 18.2 Å². The van der Waals surface area contributed by atoms with Gasteiger partial charge in [-0.2, -0.15) is 5.10 Å². The fraction of sp³-hybridized carbons (Fsp3) is 0.524. The first kappa shape index (κ1) is 21.2. The number of halogens is 1. The van der Waals surface area contributed by atoms with Crippen LogP contribution >= 0.6 is 0 Å². The van der Waals surface area contributed by atoms with E-state index in [1.54, 1.807) is 6.07 Å². The first-order valence-corrected chi connectivity index (χ1v) is 12.6. The SMILES string of the molecule is O=C(NC1CCOC1)O[C@H]1CC[C@@H](c2cc(Nc3ccc4c(c3F)CS(=O)(=O)C4)n[nH]2)C1. The maximum atomic E-state index is 14.8. The van der Waals surface area contributed by atoms with Gasteiger partial charge in [0.1, 0.15) is 6.10 Å². The molecule has 2 fully saturated rings. The highest BCUT2D eigenvalue weighted by Crippen LogP contribution is 2.37. The predicted octanol–water partition coefficient (Wildman–Crippen LogP) is 2.87. The predicted molar refractivity (Wildman–Crippen MR) is 114 cm³/mol. The first-order valence-electron chi connectivity index (χ1n) is 10.7. The molecule has 9 nitrogen and oxygen atoms in total. The van der Waals surface area contributed by atoms with Gasteiger partial charge in [-0.05, 0) is 37.3 Å². The summed E-state index contributed by atoms with van der Waals surface area (Å²) in [6, 6.07) is 5.00. The third kappa shape index (κ3) is 4.44. The van der Waals surface area contributed by atoms with Gasteiger partial charge in [0.2, 0.25) is 0 Å². The molecule has 0 spiro atoms. The van der Waals surface area contributed by atoms with Gasteiger partial charge in [-0.1, -0.05) is 6.07 Å². The second-order valence-electron chi connectivity index (χ2n) is 8.67. The van der Waals surface area contributed by atoms with Crippen molar-refractivity contribution in [2.75, 3.05) is 18.5 Å². The molecule has 1 aromatic carbocycles. The Morgan fingerprint density at radius 1 is 1.25 bits per heavy atom. The molecule has 11 heteroatoms. The average Bonchev–Trinajstić information content (AvgIpc) is 3.51. The number of aromatic nitrogens is 2. The number of amides is 1. The molecule has 0 bridgehead atoms. The highest BCUT2D eigenvalue weighted by atomic mass is 32.2. The number of carbonyl (C=O) groups is 1. The molecule has 0 radical (unpaired) electrons. The van der Waals surface area contributed by atoms with Gasteiger partial charge in [0.15, 0.2) is 21.5 Å². The van der Waals surface area contributed by atoms with Crippen LogP contribution in [0.4, 0.5) is 20.7 Å². The second kappa shape index (κ2) is 8.36. The number of nitrogens with one attached hydrogen (secondary N) is 3. The lowest BCUT2D eigenvalue weighted by Crippen LogP contribution is -2.37. The van der Waals surface area contributed by atoms with Crippen LogP contribution in [0.1, 0.15) is 48.4 Å². The Morgan fingerprint density at radius 3 is 2.94 bits per heavy atom. The number of alkyl carbamates (subject to hydrolysis) is 1. The Morgan fingerprint density at radius 2 is 2.12 bits per heavy atom. The third-order valence-corrected chi connectivity index (χ3v) is 7.77. The van der Waals surface area contributed by atoms with E-state index < -0.39 is 21.7 Å². The zero-order valence-electron chi connectivity index (χ0n) is 17.4. The minimum Gasteiger partial charge on any atom is -0.446 e. The van der Waals surface area contributed by atoms with E-state index >= 15 is 0 Å². The number of H-pyrrole nitrogens is 1. The minimum absolute atomic E-state index is 0.0145. The summed E-state index contributed by atoms with van der Waals surface area (Å²) in [5.74, 6) is -0.353. The molecule has 5 rings (SSSR count). The zero-order chi connectivity index (χ0) is 22.3. The van der Waals surface area contributed by atoms with E-state index in [0.717, 1.165) is 25.0 Å². The third-order valence-electron chi connectivity index (χ3n) is 6.29. The van der Waals surface area contributed by atoms with Gasteiger partial charge in [-0.15, -0.1) is 0 Å². The van der Waals surface area contributed by atoms with E-state index in [0.29, 0.717) is 31.0 Å². The van der Waals surface area contributed by atoms with E-state index in [1.165, 1.54) is 6.07 Å². The Bertz CT molecular complexity index is 1130. The number of aromatic amines is 1. The molecule has 3 N–H and O–H groups in total. The summed E-state index contributed by atoms with van der Waals surface area (Å²) in [5.41, 5.74) is 1.81. The fourth-order valence-electron chi connectivity index (χ4n) is 4.63. The Balaban J connectivity index is 1.18. The average molecular weight is 465 g/mol. The van der Waals surface area contributed by atoms with Gasteiger partial charge < -0.3 is 20.1 Å². The second-order valence-corrected chi connectivity index (χ2v) is 10.7. The number of fused-ring (bicyclic) bond motifs is 1. The van der Waals surface area contributed by atoms with E-state index in [1.807, 2.05) is 6.07 Å². The molecule has 172 valence electrons. The van der Waals surface area contributed by atoms with Gasteiger partial charge in [0.25, 0.3) is 0 Å². The molecule has 1 saturated heterocycles. The van der Waals surface area contributed by atoms with Gasteiger partial charge in [0.05, 0.1) is 29.8 Å². The normalized spacial score (nSPS) is 26.1.